The lowest BCUT2D eigenvalue weighted by Gasteiger charge is -2.10. The van der Waals surface area contributed by atoms with E-state index >= 15 is 0 Å². The molecular formula is C17H17N3O. The molecule has 1 aromatic carbocycles. The first-order valence-corrected chi connectivity index (χ1v) is 7.00. The van der Waals surface area contributed by atoms with Gasteiger partial charge in [-0.05, 0) is 25.1 Å². The number of para-hydroxylation sites is 1. The number of pyridine rings is 1. The maximum atomic E-state index is 5.45. The predicted molar refractivity (Wildman–Crippen MR) is 83.4 cm³/mol. The second-order valence-corrected chi connectivity index (χ2v) is 4.90. The van der Waals surface area contributed by atoms with E-state index in [4.69, 9.17) is 4.74 Å². The molecule has 0 aliphatic heterocycles. The van der Waals surface area contributed by atoms with E-state index in [-0.39, 0.29) is 0 Å². The molecule has 0 aliphatic rings. The number of benzene rings is 1. The Hall–Kier alpha value is -2.49. The minimum Gasteiger partial charge on any atom is -0.480 e. The van der Waals surface area contributed by atoms with Gasteiger partial charge >= 0.3 is 0 Å². The van der Waals surface area contributed by atoms with E-state index < -0.39 is 0 Å². The van der Waals surface area contributed by atoms with Crippen LogP contribution in [0.15, 0.2) is 36.4 Å². The second kappa shape index (κ2) is 5.48. The predicted octanol–water partition coefficient (Wildman–Crippen LogP) is 3.57. The number of hydrogen-bond donors (Lipinski definition) is 0. The van der Waals surface area contributed by atoms with Gasteiger partial charge in [0.15, 0.2) is 0 Å². The van der Waals surface area contributed by atoms with Crippen LogP contribution < -0.4 is 4.74 Å². The summed E-state index contributed by atoms with van der Waals surface area (Å²) in [6.07, 6.45) is 0.804. The van der Waals surface area contributed by atoms with Crippen LogP contribution in [0.4, 0.5) is 0 Å². The van der Waals surface area contributed by atoms with Crippen LogP contribution >= 0.6 is 0 Å². The average Bonchev–Trinajstić information content (AvgIpc) is 2.52. The number of ether oxygens (including phenoxy) is 1. The molecule has 4 heteroatoms. The Morgan fingerprint density at radius 2 is 1.86 bits per heavy atom. The quantitative estimate of drug-likeness (QED) is 0.735. The normalized spacial score (nSPS) is 10.8. The lowest BCUT2D eigenvalue weighted by Crippen LogP contribution is -2.00. The van der Waals surface area contributed by atoms with Crippen LogP contribution in [-0.2, 0) is 6.42 Å². The molecular weight excluding hydrogens is 262 g/mol. The zero-order valence-corrected chi connectivity index (χ0v) is 12.4. The largest absolute Gasteiger partial charge is 0.480 e. The summed E-state index contributed by atoms with van der Waals surface area (Å²) in [7, 11) is 1.63. The molecule has 2 aromatic heterocycles. The lowest BCUT2D eigenvalue weighted by molar-refractivity contribution is 0.401. The Bertz CT molecular complexity index is 799. The Labute approximate surface area is 123 Å². The number of nitrogens with zero attached hydrogens (tertiary/aromatic N) is 3. The summed E-state index contributed by atoms with van der Waals surface area (Å²) in [6.45, 7) is 4.03. The Morgan fingerprint density at radius 3 is 2.62 bits per heavy atom. The Kier molecular flexibility index (Phi) is 3.52. The highest BCUT2D eigenvalue weighted by molar-refractivity contribution is 5.85. The molecule has 0 aliphatic carbocycles. The highest BCUT2D eigenvalue weighted by Crippen LogP contribution is 2.30. The van der Waals surface area contributed by atoms with Crippen molar-refractivity contribution in [3.63, 3.8) is 0 Å². The van der Waals surface area contributed by atoms with E-state index in [1.54, 1.807) is 7.11 Å². The molecule has 3 aromatic rings. The molecule has 0 amide bonds. The van der Waals surface area contributed by atoms with Crippen molar-refractivity contribution in [2.45, 2.75) is 20.3 Å². The molecule has 0 fully saturated rings. The van der Waals surface area contributed by atoms with Gasteiger partial charge in [-0.2, -0.15) is 0 Å². The number of aromatic nitrogens is 3. The van der Waals surface area contributed by atoms with Crippen molar-refractivity contribution in [2.75, 3.05) is 7.11 Å². The van der Waals surface area contributed by atoms with Gasteiger partial charge < -0.3 is 4.74 Å². The fraction of sp³-hybridized carbons (Fsp3) is 0.235. The second-order valence-electron chi connectivity index (χ2n) is 4.90. The zero-order valence-electron chi connectivity index (χ0n) is 12.4. The van der Waals surface area contributed by atoms with Crippen LogP contribution in [0.1, 0.15) is 18.4 Å². The molecule has 3 rings (SSSR count). The van der Waals surface area contributed by atoms with E-state index in [1.807, 2.05) is 37.3 Å². The van der Waals surface area contributed by atoms with E-state index in [9.17, 15) is 0 Å². The SMILES string of the molecule is CCc1nc(C)cc(-c2cc3ccccc3nc2OC)n1. The van der Waals surface area contributed by atoms with Gasteiger partial charge in [0.05, 0.1) is 23.9 Å². The average molecular weight is 279 g/mol. The molecule has 0 saturated carbocycles. The van der Waals surface area contributed by atoms with E-state index in [1.165, 1.54) is 0 Å². The van der Waals surface area contributed by atoms with Gasteiger partial charge in [0, 0.05) is 17.5 Å². The van der Waals surface area contributed by atoms with Gasteiger partial charge in [0.1, 0.15) is 5.82 Å². The van der Waals surface area contributed by atoms with E-state index in [0.29, 0.717) is 5.88 Å². The fourth-order valence-electron chi connectivity index (χ4n) is 2.36. The molecule has 4 nitrogen and oxygen atoms in total. The van der Waals surface area contributed by atoms with Gasteiger partial charge in [0.25, 0.3) is 0 Å². The van der Waals surface area contributed by atoms with Gasteiger partial charge in [-0.25, -0.2) is 15.0 Å². The Balaban J connectivity index is 2.25. The monoisotopic (exact) mass is 279 g/mol. The number of rotatable bonds is 3. The number of fused-ring (bicyclic) bond motifs is 1. The van der Waals surface area contributed by atoms with Gasteiger partial charge in [-0.1, -0.05) is 25.1 Å². The number of methoxy groups -OCH3 is 1. The maximum Gasteiger partial charge on any atom is 0.223 e. The molecule has 106 valence electrons. The summed E-state index contributed by atoms with van der Waals surface area (Å²) in [5.41, 5.74) is 3.62. The first-order chi connectivity index (χ1) is 10.2. The topological polar surface area (TPSA) is 47.9 Å². The third-order valence-electron chi connectivity index (χ3n) is 3.38. The molecule has 0 saturated heterocycles. The summed E-state index contributed by atoms with van der Waals surface area (Å²) >= 11 is 0. The molecule has 21 heavy (non-hydrogen) atoms. The van der Waals surface area contributed by atoms with Crippen molar-refractivity contribution in [1.29, 1.82) is 0 Å². The fourth-order valence-corrected chi connectivity index (χ4v) is 2.36. The first-order valence-electron chi connectivity index (χ1n) is 7.00. The van der Waals surface area contributed by atoms with Crippen LogP contribution in [0.3, 0.4) is 0 Å². The van der Waals surface area contributed by atoms with E-state index in [0.717, 1.165) is 40.1 Å². The van der Waals surface area contributed by atoms with Crippen molar-refractivity contribution >= 4 is 10.9 Å². The molecule has 2 heterocycles. The molecule has 0 N–H and O–H groups in total. The highest BCUT2D eigenvalue weighted by Gasteiger charge is 2.12. The molecule has 0 atom stereocenters. The van der Waals surface area contributed by atoms with Crippen LogP contribution in [-0.4, -0.2) is 22.1 Å². The summed E-state index contributed by atoms with van der Waals surface area (Å²) in [4.78, 5) is 13.6. The third-order valence-corrected chi connectivity index (χ3v) is 3.38. The van der Waals surface area contributed by atoms with Crippen LogP contribution in [0.25, 0.3) is 22.2 Å². The lowest BCUT2D eigenvalue weighted by atomic mass is 10.1. The van der Waals surface area contributed by atoms with Gasteiger partial charge in [-0.15, -0.1) is 0 Å². The summed E-state index contributed by atoms with van der Waals surface area (Å²) in [5.74, 6) is 1.43. The third kappa shape index (κ3) is 2.57. The van der Waals surface area contributed by atoms with Crippen molar-refractivity contribution in [3.8, 4) is 17.1 Å². The summed E-state index contributed by atoms with van der Waals surface area (Å²) in [5, 5.41) is 1.07. The number of aryl methyl sites for hydroxylation is 2. The molecule has 0 spiro atoms. The minimum absolute atomic E-state index is 0.592. The molecule has 0 bridgehead atoms. The van der Waals surface area contributed by atoms with Crippen molar-refractivity contribution in [3.05, 3.63) is 47.9 Å². The standard InChI is InChI=1S/C17H17N3O/c1-4-16-18-11(2)9-15(19-16)13-10-12-7-5-6-8-14(12)20-17(13)21-3/h5-10H,4H2,1-3H3. The molecule has 0 unspecified atom stereocenters. The summed E-state index contributed by atoms with van der Waals surface area (Å²) in [6, 6.07) is 12.0. The maximum absolute atomic E-state index is 5.45. The number of hydrogen-bond acceptors (Lipinski definition) is 4. The van der Waals surface area contributed by atoms with Crippen molar-refractivity contribution in [2.24, 2.45) is 0 Å². The first kappa shape index (κ1) is 13.5. The minimum atomic E-state index is 0.592. The van der Waals surface area contributed by atoms with Crippen LogP contribution in [0.5, 0.6) is 5.88 Å². The smallest absolute Gasteiger partial charge is 0.223 e. The zero-order chi connectivity index (χ0) is 14.8. The summed E-state index contributed by atoms with van der Waals surface area (Å²) < 4.78 is 5.45. The van der Waals surface area contributed by atoms with Gasteiger partial charge in [0.2, 0.25) is 5.88 Å². The molecule has 0 radical (unpaired) electrons. The van der Waals surface area contributed by atoms with Crippen molar-refractivity contribution in [1.82, 2.24) is 15.0 Å². The Morgan fingerprint density at radius 1 is 1.05 bits per heavy atom. The van der Waals surface area contributed by atoms with Gasteiger partial charge in [-0.3, -0.25) is 0 Å². The van der Waals surface area contributed by atoms with E-state index in [2.05, 4.69) is 27.9 Å². The van der Waals surface area contributed by atoms with Crippen LogP contribution in [0, 0.1) is 6.92 Å². The highest BCUT2D eigenvalue weighted by atomic mass is 16.5. The van der Waals surface area contributed by atoms with Crippen molar-refractivity contribution < 1.29 is 4.74 Å². The van der Waals surface area contributed by atoms with Crippen LogP contribution in [0.2, 0.25) is 0 Å².